The molecule has 6 nitrogen and oxygen atoms in total. The van der Waals surface area contributed by atoms with Crippen molar-refractivity contribution in [2.75, 3.05) is 20.8 Å². The van der Waals surface area contributed by atoms with Crippen LogP contribution >= 0.6 is 0 Å². The third kappa shape index (κ3) is 4.34. The molecule has 0 fully saturated rings. The molecule has 0 spiro atoms. The maximum atomic E-state index is 12.8. The van der Waals surface area contributed by atoms with Gasteiger partial charge < -0.3 is 14.5 Å². The average Bonchev–Trinajstić information content (AvgIpc) is 2.78. The van der Waals surface area contributed by atoms with E-state index in [0.717, 1.165) is 17.7 Å². The summed E-state index contributed by atoms with van der Waals surface area (Å²) in [6, 6.07) is 10.3. The van der Waals surface area contributed by atoms with E-state index in [0.29, 0.717) is 54.4 Å². The maximum Gasteiger partial charge on any atom is 0.416 e. The van der Waals surface area contributed by atoms with Gasteiger partial charge in [0.2, 0.25) is 0 Å². The van der Waals surface area contributed by atoms with Gasteiger partial charge in [-0.05, 0) is 18.2 Å². The number of rotatable bonds is 5. The summed E-state index contributed by atoms with van der Waals surface area (Å²) in [6.45, 7) is 1.65. The number of aromatic amines is 1. The second-order valence-electron chi connectivity index (χ2n) is 7.53. The van der Waals surface area contributed by atoms with Crippen molar-refractivity contribution in [3.05, 3.63) is 75.2 Å². The maximum absolute atomic E-state index is 12.8. The van der Waals surface area contributed by atoms with E-state index < -0.39 is 11.7 Å². The molecule has 9 heteroatoms. The number of nitrogens with one attached hydrogen (secondary N) is 1. The first kappa shape index (κ1) is 21.9. The summed E-state index contributed by atoms with van der Waals surface area (Å²) in [6.07, 6.45) is -3.86. The van der Waals surface area contributed by atoms with Gasteiger partial charge in [-0.1, -0.05) is 24.3 Å². The topological polar surface area (TPSA) is 67.5 Å². The molecule has 4 rings (SSSR count). The van der Waals surface area contributed by atoms with Crippen LogP contribution in [-0.2, 0) is 25.7 Å². The highest BCUT2D eigenvalue weighted by atomic mass is 19.4. The standard InChI is InChI=1S/C23H22F3N3O3/c1-31-19-5-3-4-15(20(19)32-2)12-29-11-10-18-17(13-29)22(30)28-21(27-18)14-6-8-16(9-7-14)23(24,25)26/h3-9H,10-13H2,1-2H3,(H,27,28,30). The predicted octanol–water partition coefficient (Wildman–Crippen LogP) is 4.03. The second-order valence-corrected chi connectivity index (χ2v) is 7.53. The zero-order valence-corrected chi connectivity index (χ0v) is 17.6. The van der Waals surface area contributed by atoms with E-state index in [1.54, 1.807) is 14.2 Å². The van der Waals surface area contributed by atoms with Crippen molar-refractivity contribution in [2.24, 2.45) is 0 Å². The van der Waals surface area contributed by atoms with Gasteiger partial charge in [-0.2, -0.15) is 13.2 Å². The highest BCUT2D eigenvalue weighted by Gasteiger charge is 2.30. The van der Waals surface area contributed by atoms with E-state index in [1.165, 1.54) is 12.1 Å². The number of benzene rings is 2. The van der Waals surface area contributed by atoms with Gasteiger partial charge in [-0.25, -0.2) is 4.98 Å². The van der Waals surface area contributed by atoms with E-state index in [2.05, 4.69) is 14.9 Å². The molecule has 0 atom stereocenters. The van der Waals surface area contributed by atoms with Gasteiger partial charge in [0.05, 0.1) is 31.0 Å². The molecule has 1 N–H and O–H groups in total. The molecule has 0 saturated carbocycles. The lowest BCUT2D eigenvalue weighted by Crippen LogP contribution is -2.35. The number of halogens is 3. The Hall–Kier alpha value is -3.33. The lowest BCUT2D eigenvalue weighted by Gasteiger charge is -2.28. The largest absolute Gasteiger partial charge is 0.493 e. The fraction of sp³-hybridized carbons (Fsp3) is 0.304. The Labute approximate surface area is 182 Å². The molecule has 0 saturated heterocycles. The summed E-state index contributed by atoms with van der Waals surface area (Å²) in [7, 11) is 3.17. The van der Waals surface area contributed by atoms with Gasteiger partial charge in [0.15, 0.2) is 11.5 Å². The molecule has 1 aliphatic heterocycles. The number of hydrogen-bond acceptors (Lipinski definition) is 5. The minimum absolute atomic E-state index is 0.269. The molecule has 0 aliphatic carbocycles. The average molecular weight is 445 g/mol. The number of H-pyrrole nitrogens is 1. The number of hydrogen-bond donors (Lipinski definition) is 1. The summed E-state index contributed by atoms with van der Waals surface area (Å²) >= 11 is 0. The third-order valence-electron chi connectivity index (χ3n) is 5.51. The monoisotopic (exact) mass is 445 g/mol. The summed E-state index contributed by atoms with van der Waals surface area (Å²) < 4.78 is 49.2. The lowest BCUT2D eigenvalue weighted by atomic mass is 10.0. The smallest absolute Gasteiger partial charge is 0.416 e. The molecule has 0 amide bonds. The third-order valence-corrected chi connectivity index (χ3v) is 5.51. The van der Waals surface area contributed by atoms with Crippen LogP contribution in [0, 0.1) is 0 Å². The van der Waals surface area contributed by atoms with Crippen molar-refractivity contribution in [3.8, 4) is 22.9 Å². The van der Waals surface area contributed by atoms with Gasteiger partial charge in [-0.15, -0.1) is 0 Å². The van der Waals surface area contributed by atoms with Crippen molar-refractivity contribution in [2.45, 2.75) is 25.7 Å². The summed E-state index contributed by atoms with van der Waals surface area (Å²) in [4.78, 5) is 22.1. The Bertz CT molecular complexity index is 1170. The van der Waals surface area contributed by atoms with E-state index >= 15 is 0 Å². The zero-order chi connectivity index (χ0) is 22.9. The summed E-state index contributed by atoms with van der Waals surface area (Å²) in [5.41, 5.74) is 1.58. The highest BCUT2D eigenvalue weighted by Crippen LogP contribution is 2.33. The predicted molar refractivity (Wildman–Crippen MR) is 113 cm³/mol. The van der Waals surface area contributed by atoms with E-state index in [4.69, 9.17) is 9.47 Å². The van der Waals surface area contributed by atoms with E-state index in [9.17, 15) is 18.0 Å². The fourth-order valence-corrected chi connectivity index (χ4v) is 3.89. The van der Waals surface area contributed by atoms with Crippen LogP contribution in [0.3, 0.4) is 0 Å². The molecule has 2 aromatic carbocycles. The first-order chi connectivity index (χ1) is 15.3. The molecule has 0 unspecified atom stereocenters. The van der Waals surface area contributed by atoms with Crippen LogP contribution in [-0.4, -0.2) is 35.6 Å². The molecule has 168 valence electrons. The fourth-order valence-electron chi connectivity index (χ4n) is 3.89. The van der Waals surface area contributed by atoms with Crippen molar-refractivity contribution >= 4 is 0 Å². The van der Waals surface area contributed by atoms with Crippen molar-refractivity contribution in [1.29, 1.82) is 0 Å². The Morgan fingerprint density at radius 1 is 1.09 bits per heavy atom. The Kier molecular flexibility index (Phi) is 5.92. The molecule has 1 aliphatic rings. The number of methoxy groups -OCH3 is 2. The van der Waals surface area contributed by atoms with Gasteiger partial charge >= 0.3 is 6.18 Å². The molecule has 1 aromatic heterocycles. The summed E-state index contributed by atoms with van der Waals surface area (Å²) in [5, 5.41) is 0. The molecular formula is C23H22F3N3O3. The van der Waals surface area contributed by atoms with Crippen LogP contribution in [0.25, 0.3) is 11.4 Å². The van der Waals surface area contributed by atoms with Gasteiger partial charge in [0, 0.05) is 37.2 Å². The highest BCUT2D eigenvalue weighted by molar-refractivity contribution is 5.56. The van der Waals surface area contributed by atoms with Gasteiger partial charge in [0.1, 0.15) is 5.82 Å². The number of alkyl halides is 3. The molecule has 0 bridgehead atoms. The first-order valence-electron chi connectivity index (χ1n) is 10.0. The molecule has 32 heavy (non-hydrogen) atoms. The van der Waals surface area contributed by atoms with Crippen molar-refractivity contribution in [1.82, 2.24) is 14.9 Å². The lowest BCUT2D eigenvalue weighted by molar-refractivity contribution is -0.137. The number of fused-ring (bicyclic) bond motifs is 1. The van der Waals surface area contributed by atoms with Crippen LogP contribution in [0.5, 0.6) is 11.5 Å². The zero-order valence-electron chi connectivity index (χ0n) is 17.6. The first-order valence-corrected chi connectivity index (χ1v) is 10.0. The minimum Gasteiger partial charge on any atom is -0.493 e. The number of para-hydroxylation sites is 1. The molecule has 0 radical (unpaired) electrons. The van der Waals surface area contributed by atoms with Crippen LogP contribution in [0.4, 0.5) is 13.2 Å². The van der Waals surface area contributed by atoms with Crippen LogP contribution < -0.4 is 15.0 Å². The van der Waals surface area contributed by atoms with Crippen LogP contribution in [0.15, 0.2) is 47.3 Å². The van der Waals surface area contributed by atoms with Gasteiger partial charge in [0.25, 0.3) is 5.56 Å². The van der Waals surface area contributed by atoms with Crippen molar-refractivity contribution in [3.63, 3.8) is 0 Å². The Morgan fingerprint density at radius 3 is 2.50 bits per heavy atom. The SMILES string of the molecule is COc1cccc(CN2CCc3nc(-c4ccc(C(F)(F)F)cc4)[nH]c(=O)c3C2)c1OC. The summed E-state index contributed by atoms with van der Waals surface area (Å²) in [5.74, 6) is 1.57. The second kappa shape index (κ2) is 8.66. The Morgan fingerprint density at radius 2 is 1.84 bits per heavy atom. The number of nitrogens with zero attached hydrogens (tertiary/aromatic N) is 2. The quantitative estimate of drug-likeness (QED) is 0.642. The Balaban J connectivity index is 1.56. The molecular weight excluding hydrogens is 423 g/mol. The van der Waals surface area contributed by atoms with E-state index in [1.807, 2.05) is 18.2 Å². The molecule has 2 heterocycles. The van der Waals surface area contributed by atoms with Crippen molar-refractivity contribution < 1.29 is 22.6 Å². The van der Waals surface area contributed by atoms with E-state index in [-0.39, 0.29) is 11.4 Å². The minimum atomic E-state index is -4.41. The number of aromatic nitrogens is 2. The van der Waals surface area contributed by atoms with Gasteiger partial charge in [-0.3, -0.25) is 9.69 Å². The van der Waals surface area contributed by atoms with Crippen LogP contribution in [0.2, 0.25) is 0 Å². The normalized spacial score (nSPS) is 14.2. The molecule has 3 aromatic rings. The van der Waals surface area contributed by atoms with Crippen LogP contribution in [0.1, 0.15) is 22.4 Å². The number of ether oxygens (including phenoxy) is 2.